The molecule has 4 nitrogen and oxygen atoms in total. The normalized spacial score (nSPS) is 10.1. The molecule has 2 aromatic rings. The second-order valence-corrected chi connectivity index (χ2v) is 5.01. The van der Waals surface area contributed by atoms with Gasteiger partial charge in [-0.25, -0.2) is 0 Å². The summed E-state index contributed by atoms with van der Waals surface area (Å²) in [5.41, 5.74) is 1.58. The van der Waals surface area contributed by atoms with Crippen LogP contribution in [-0.4, -0.2) is 18.0 Å². The van der Waals surface area contributed by atoms with Gasteiger partial charge in [-0.1, -0.05) is 12.1 Å². The van der Waals surface area contributed by atoms with E-state index in [4.69, 9.17) is 4.74 Å². The zero-order valence-electron chi connectivity index (χ0n) is 9.87. The predicted molar refractivity (Wildman–Crippen MR) is 77.7 cm³/mol. The molecule has 2 rings (SSSR count). The predicted octanol–water partition coefficient (Wildman–Crippen LogP) is 2.56. The Morgan fingerprint density at radius 1 is 1.44 bits per heavy atom. The van der Waals surface area contributed by atoms with Gasteiger partial charge >= 0.3 is 0 Å². The minimum Gasteiger partial charge on any atom is -0.497 e. The minimum absolute atomic E-state index is 0.110. The summed E-state index contributed by atoms with van der Waals surface area (Å²) in [4.78, 5) is 14.7. The number of amides is 1. The van der Waals surface area contributed by atoms with Gasteiger partial charge in [-0.15, -0.1) is 0 Å². The Morgan fingerprint density at radius 3 is 2.94 bits per heavy atom. The van der Waals surface area contributed by atoms with Crippen molar-refractivity contribution in [2.75, 3.05) is 7.11 Å². The summed E-state index contributed by atoms with van der Waals surface area (Å²) in [5.74, 6) is 0.678. The van der Waals surface area contributed by atoms with Gasteiger partial charge in [0.25, 0.3) is 5.91 Å². The standard InChI is InChI=1S/C13H13IN2O2/c1-18-11-4-2-3-9(5-11)7-16-13(17)12-6-10(14)8-15-12/h2-6,8,15H,7H2,1H3,(H,16,17). The second kappa shape index (κ2) is 5.90. The molecule has 0 atom stereocenters. The van der Waals surface area contributed by atoms with Crippen LogP contribution in [0.5, 0.6) is 5.75 Å². The first-order valence-corrected chi connectivity index (χ1v) is 6.52. The molecular weight excluding hydrogens is 343 g/mol. The molecule has 0 aliphatic rings. The average molecular weight is 356 g/mol. The summed E-state index contributed by atoms with van der Waals surface area (Å²) in [7, 11) is 1.62. The topological polar surface area (TPSA) is 54.1 Å². The highest BCUT2D eigenvalue weighted by Crippen LogP contribution is 2.12. The quantitative estimate of drug-likeness (QED) is 0.828. The van der Waals surface area contributed by atoms with E-state index in [1.165, 1.54) is 0 Å². The number of halogens is 1. The van der Waals surface area contributed by atoms with E-state index in [1.807, 2.05) is 30.3 Å². The van der Waals surface area contributed by atoms with Crippen LogP contribution in [0.15, 0.2) is 36.5 Å². The molecule has 0 radical (unpaired) electrons. The molecule has 94 valence electrons. The van der Waals surface area contributed by atoms with Crippen LogP contribution in [0, 0.1) is 3.57 Å². The van der Waals surface area contributed by atoms with E-state index in [0.29, 0.717) is 12.2 Å². The molecule has 2 N–H and O–H groups in total. The summed E-state index contributed by atoms with van der Waals surface area (Å²) in [6.07, 6.45) is 1.79. The van der Waals surface area contributed by atoms with E-state index >= 15 is 0 Å². The number of methoxy groups -OCH3 is 1. The van der Waals surface area contributed by atoms with Gasteiger partial charge in [0.05, 0.1) is 7.11 Å². The Labute approximate surface area is 119 Å². The first-order valence-electron chi connectivity index (χ1n) is 5.44. The van der Waals surface area contributed by atoms with E-state index in [9.17, 15) is 4.79 Å². The molecule has 5 heteroatoms. The number of benzene rings is 1. The smallest absolute Gasteiger partial charge is 0.267 e. The molecule has 0 unspecified atom stereocenters. The maximum atomic E-state index is 11.8. The molecule has 0 aliphatic carbocycles. The lowest BCUT2D eigenvalue weighted by atomic mass is 10.2. The number of nitrogens with one attached hydrogen (secondary N) is 2. The van der Waals surface area contributed by atoms with Gasteiger partial charge in [0.1, 0.15) is 11.4 Å². The number of carbonyl (C=O) groups is 1. The zero-order valence-corrected chi connectivity index (χ0v) is 12.0. The summed E-state index contributed by atoms with van der Waals surface area (Å²) in [5, 5.41) is 2.85. The summed E-state index contributed by atoms with van der Waals surface area (Å²) >= 11 is 2.16. The highest BCUT2D eigenvalue weighted by atomic mass is 127. The lowest BCUT2D eigenvalue weighted by Crippen LogP contribution is -2.23. The van der Waals surface area contributed by atoms with Gasteiger partial charge in [-0.05, 0) is 46.4 Å². The van der Waals surface area contributed by atoms with Crippen molar-refractivity contribution >= 4 is 28.5 Å². The average Bonchev–Trinajstić information content (AvgIpc) is 2.83. The van der Waals surface area contributed by atoms with Crippen LogP contribution < -0.4 is 10.1 Å². The van der Waals surface area contributed by atoms with Crippen molar-refractivity contribution in [3.8, 4) is 5.75 Å². The molecule has 1 amide bonds. The van der Waals surface area contributed by atoms with Crippen LogP contribution in [-0.2, 0) is 6.54 Å². The van der Waals surface area contributed by atoms with Crippen LogP contribution in [0.25, 0.3) is 0 Å². The minimum atomic E-state index is -0.110. The van der Waals surface area contributed by atoms with Crippen LogP contribution >= 0.6 is 22.6 Å². The molecule has 0 bridgehead atoms. The van der Waals surface area contributed by atoms with Crippen LogP contribution in [0.2, 0.25) is 0 Å². The van der Waals surface area contributed by atoms with Gasteiger partial charge < -0.3 is 15.0 Å². The molecule has 0 spiro atoms. The van der Waals surface area contributed by atoms with Crippen LogP contribution in [0.1, 0.15) is 16.1 Å². The third kappa shape index (κ3) is 3.25. The Bertz CT molecular complexity index is 551. The molecular formula is C13H13IN2O2. The second-order valence-electron chi connectivity index (χ2n) is 3.77. The summed E-state index contributed by atoms with van der Waals surface area (Å²) < 4.78 is 6.14. The molecule has 1 heterocycles. The van der Waals surface area contributed by atoms with Crippen molar-refractivity contribution in [1.82, 2.24) is 10.3 Å². The monoisotopic (exact) mass is 356 g/mol. The number of aromatic nitrogens is 1. The summed E-state index contributed by atoms with van der Waals surface area (Å²) in [6.45, 7) is 0.478. The first kappa shape index (κ1) is 12.9. The number of hydrogen-bond donors (Lipinski definition) is 2. The molecule has 18 heavy (non-hydrogen) atoms. The Balaban J connectivity index is 1.97. The number of rotatable bonds is 4. The van der Waals surface area contributed by atoms with E-state index in [2.05, 4.69) is 32.9 Å². The van der Waals surface area contributed by atoms with Crippen molar-refractivity contribution in [3.05, 3.63) is 51.4 Å². The Morgan fingerprint density at radius 2 is 2.28 bits per heavy atom. The number of ether oxygens (including phenoxy) is 1. The zero-order chi connectivity index (χ0) is 13.0. The third-order valence-corrected chi connectivity index (χ3v) is 3.10. The van der Waals surface area contributed by atoms with Gasteiger partial charge in [0.15, 0.2) is 0 Å². The first-order chi connectivity index (χ1) is 8.69. The van der Waals surface area contributed by atoms with Crippen LogP contribution in [0.4, 0.5) is 0 Å². The fraction of sp³-hybridized carbons (Fsp3) is 0.154. The van der Waals surface area contributed by atoms with Gasteiger partial charge in [0, 0.05) is 16.3 Å². The van der Waals surface area contributed by atoms with E-state index in [0.717, 1.165) is 14.9 Å². The lowest BCUT2D eigenvalue weighted by molar-refractivity contribution is 0.0946. The molecule has 1 aromatic heterocycles. The number of H-pyrrole nitrogens is 1. The number of carbonyl (C=O) groups excluding carboxylic acids is 1. The van der Waals surface area contributed by atoms with Crippen molar-refractivity contribution < 1.29 is 9.53 Å². The largest absolute Gasteiger partial charge is 0.497 e. The number of hydrogen-bond acceptors (Lipinski definition) is 2. The Kier molecular flexibility index (Phi) is 4.24. The number of aromatic amines is 1. The molecule has 0 fully saturated rings. The van der Waals surface area contributed by atoms with Crippen LogP contribution in [0.3, 0.4) is 0 Å². The maximum Gasteiger partial charge on any atom is 0.267 e. The highest BCUT2D eigenvalue weighted by molar-refractivity contribution is 14.1. The third-order valence-electron chi connectivity index (χ3n) is 2.48. The van der Waals surface area contributed by atoms with E-state index in [-0.39, 0.29) is 5.91 Å². The summed E-state index contributed by atoms with van der Waals surface area (Å²) in [6, 6.07) is 9.43. The van der Waals surface area contributed by atoms with Gasteiger partial charge in [0.2, 0.25) is 0 Å². The fourth-order valence-electron chi connectivity index (χ4n) is 1.56. The molecule has 0 saturated heterocycles. The van der Waals surface area contributed by atoms with Crippen molar-refractivity contribution in [3.63, 3.8) is 0 Å². The Hall–Kier alpha value is -1.50. The van der Waals surface area contributed by atoms with Crippen molar-refractivity contribution in [2.24, 2.45) is 0 Å². The van der Waals surface area contributed by atoms with Gasteiger partial charge in [-0.3, -0.25) is 4.79 Å². The lowest BCUT2D eigenvalue weighted by Gasteiger charge is -2.06. The SMILES string of the molecule is COc1cccc(CNC(=O)c2cc(I)c[nH]2)c1. The van der Waals surface area contributed by atoms with Crippen molar-refractivity contribution in [2.45, 2.75) is 6.54 Å². The van der Waals surface area contributed by atoms with E-state index in [1.54, 1.807) is 13.3 Å². The fourth-order valence-corrected chi connectivity index (χ4v) is 2.03. The van der Waals surface area contributed by atoms with Crippen molar-refractivity contribution in [1.29, 1.82) is 0 Å². The molecule has 0 aliphatic heterocycles. The van der Waals surface area contributed by atoms with E-state index < -0.39 is 0 Å². The highest BCUT2D eigenvalue weighted by Gasteiger charge is 2.07. The van der Waals surface area contributed by atoms with Gasteiger partial charge in [-0.2, -0.15) is 0 Å². The molecule has 1 aromatic carbocycles. The molecule has 0 saturated carbocycles. The maximum absolute atomic E-state index is 11.8.